The molecule has 4 heteroatoms. The van der Waals surface area contributed by atoms with Crippen molar-refractivity contribution in [1.82, 2.24) is 14.6 Å². The number of anilines is 1. The first-order valence-corrected chi connectivity index (χ1v) is 6.89. The lowest BCUT2D eigenvalue weighted by atomic mass is 10.1. The average molecular weight is 242 g/mol. The molecule has 2 fully saturated rings. The molecule has 0 spiro atoms. The van der Waals surface area contributed by atoms with E-state index in [9.17, 15) is 0 Å². The molecule has 0 saturated heterocycles. The normalized spacial score (nSPS) is 19.7. The topological polar surface area (TPSA) is 42.2 Å². The fourth-order valence-electron chi connectivity index (χ4n) is 2.84. The largest absolute Gasteiger partial charge is 0.365 e. The zero-order chi connectivity index (χ0) is 12.1. The van der Waals surface area contributed by atoms with Gasteiger partial charge in [0, 0.05) is 18.4 Å². The summed E-state index contributed by atoms with van der Waals surface area (Å²) in [6.07, 6.45) is 9.28. The van der Waals surface area contributed by atoms with Crippen molar-refractivity contribution in [3.05, 3.63) is 24.2 Å². The van der Waals surface area contributed by atoms with Crippen molar-refractivity contribution in [1.29, 1.82) is 0 Å². The van der Waals surface area contributed by atoms with E-state index in [0.717, 1.165) is 28.9 Å². The highest BCUT2D eigenvalue weighted by Gasteiger charge is 2.41. The SMILES string of the molecule is Cc1cc2c(NC(C3CC3)C3CC3)nccn2n1. The van der Waals surface area contributed by atoms with E-state index in [-0.39, 0.29) is 0 Å². The molecule has 94 valence electrons. The van der Waals surface area contributed by atoms with E-state index in [4.69, 9.17) is 0 Å². The van der Waals surface area contributed by atoms with Crippen molar-refractivity contribution in [2.24, 2.45) is 11.8 Å². The molecule has 18 heavy (non-hydrogen) atoms. The monoisotopic (exact) mass is 242 g/mol. The highest BCUT2D eigenvalue weighted by molar-refractivity contribution is 5.68. The van der Waals surface area contributed by atoms with E-state index in [2.05, 4.69) is 21.5 Å². The standard InChI is InChI=1S/C14H18N4/c1-9-8-12-14(15-6-7-18(12)17-9)16-13(10-2-3-10)11-4-5-11/h6-8,10-11,13H,2-5H2,1H3,(H,15,16). The molecule has 0 radical (unpaired) electrons. The molecule has 1 N–H and O–H groups in total. The number of hydrogen-bond acceptors (Lipinski definition) is 3. The number of nitrogens with one attached hydrogen (secondary N) is 1. The third kappa shape index (κ3) is 1.76. The molecule has 0 aromatic carbocycles. The van der Waals surface area contributed by atoms with Gasteiger partial charge in [0.1, 0.15) is 5.52 Å². The lowest BCUT2D eigenvalue weighted by molar-refractivity contribution is 0.566. The number of aromatic nitrogens is 3. The Kier molecular flexibility index (Phi) is 2.13. The van der Waals surface area contributed by atoms with Crippen LogP contribution in [0.5, 0.6) is 0 Å². The number of hydrogen-bond donors (Lipinski definition) is 1. The van der Waals surface area contributed by atoms with Crippen molar-refractivity contribution < 1.29 is 0 Å². The maximum atomic E-state index is 4.51. The first-order valence-electron chi connectivity index (χ1n) is 6.89. The summed E-state index contributed by atoms with van der Waals surface area (Å²) in [7, 11) is 0. The third-order valence-electron chi connectivity index (χ3n) is 4.08. The predicted octanol–water partition coefficient (Wildman–Crippen LogP) is 2.64. The quantitative estimate of drug-likeness (QED) is 0.896. The highest BCUT2D eigenvalue weighted by atomic mass is 15.2. The van der Waals surface area contributed by atoms with E-state index >= 15 is 0 Å². The minimum atomic E-state index is 0.638. The summed E-state index contributed by atoms with van der Waals surface area (Å²) in [5.74, 6) is 2.76. The second-order valence-electron chi connectivity index (χ2n) is 5.74. The lowest BCUT2D eigenvalue weighted by Crippen LogP contribution is -2.25. The van der Waals surface area contributed by atoms with Gasteiger partial charge in [-0.15, -0.1) is 0 Å². The fourth-order valence-corrected chi connectivity index (χ4v) is 2.84. The van der Waals surface area contributed by atoms with Crippen LogP contribution in [-0.4, -0.2) is 20.6 Å². The molecule has 2 aromatic rings. The Hall–Kier alpha value is -1.58. The van der Waals surface area contributed by atoms with Gasteiger partial charge in [-0.25, -0.2) is 9.50 Å². The van der Waals surface area contributed by atoms with Gasteiger partial charge in [-0.2, -0.15) is 5.10 Å². The zero-order valence-electron chi connectivity index (χ0n) is 10.6. The van der Waals surface area contributed by atoms with Crippen LogP contribution in [0.2, 0.25) is 0 Å². The summed E-state index contributed by atoms with van der Waals surface area (Å²) >= 11 is 0. The van der Waals surface area contributed by atoms with Crippen LogP contribution in [0.3, 0.4) is 0 Å². The Morgan fingerprint density at radius 3 is 2.67 bits per heavy atom. The molecule has 2 aromatic heterocycles. The number of aryl methyl sites for hydroxylation is 1. The molecule has 4 nitrogen and oxygen atoms in total. The second kappa shape index (κ2) is 3.70. The molecule has 2 saturated carbocycles. The van der Waals surface area contributed by atoms with Crippen LogP contribution in [0.4, 0.5) is 5.82 Å². The van der Waals surface area contributed by atoms with Crippen molar-refractivity contribution in [3.63, 3.8) is 0 Å². The summed E-state index contributed by atoms with van der Waals surface area (Å²) in [6.45, 7) is 2.02. The predicted molar refractivity (Wildman–Crippen MR) is 70.6 cm³/mol. The van der Waals surface area contributed by atoms with E-state index < -0.39 is 0 Å². The Morgan fingerprint density at radius 1 is 1.28 bits per heavy atom. The molecule has 2 heterocycles. The van der Waals surface area contributed by atoms with Gasteiger partial charge in [0.25, 0.3) is 0 Å². The first-order chi connectivity index (χ1) is 8.81. The third-order valence-corrected chi connectivity index (χ3v) is 4.08. The second-order valence-corrected chi connectivity index (χ2v) is 5.74. The average Bonchev–Trinajstić information content (AvgIpc) is 3.23. The first kappa shape index (κ1) is 10.4. The van der Waals surface area contributed by atoms with Gasteiger partial charge < -0.3 is 5.32 Å². The van der Waals surface area contributed by atoms with Crippen LogP contribution in [0.25, 0.3) is 5.52 Å². The Bertz CT molecular complexity index is 568. The summed E-state index contributed by atoms with van der Waals surface area (Å²) in [6, 6.07) is 2.74. The van der Waals surface area contributed by atoms with Gasteiger partial charge in [-0.05, 0) is 50.5 Å². The number of rotatable bonds is 4. The molecule has 0 amide bonds. The maximum Gasteiger partial charge on any atom is 0.152 e. The smallest absolute Gasteiger partial charge is 0.152 e. The van der Waals surface area contributed by atoms with Gasteiger partial charge in [0.2, 0.25) is 0 Å². The number of nitrogens with zero attached hydrogens (tertiary/aromatic N) is 3. The Morgan fingerprint density at radius 2 is 2.00 bits per heavy atom. The molecule has 2 aliphatic carbocycles. The summed E-state index contributed by atoms with van der Waals surface area (Å²) in [5.41, 5.74) is 2.14. The molecule has 0 atom stereocenters. The van der Waals surface area contributed by atoms with Gasteiger partial charge in [0.15, 0.2) is 5.82 Å². The van der Waals surface area contributed by atoms with Gasteiger partial charge in [0.05, 0.1) is 5.69 Å². The van der Waals surface area contributed by atoms with Crippen LogP contribution in [0.1, 0.15) is 31.4 Å². The summed E-state index contributed by atoms with van der Waals surface area (Å²) in [4.78, 5) is 4.51. The van der Waals surface area contributed by atoms with Crippen molar-refractivity contribution in [2.45, 2.75) is 38.6 Å². The minimum absolute atomic E-state index is 0.638. The highest BCUT2D eigenvalue weighted by Crippen LogP contribution is 2.45. The van der Waals surface area contributed by atoms with Gasteiger partial charge in [-0.1, -0.05) is 0 Å². The van der Waals surface area contributed by atoms with Crippen LogP contribution < -0.4 is 5.32 Å². The summed E-state index contributed by atoms with van der Waals surface area (Å²) < 4.78 is 1.92. The van der Waals surface area contributed by atoms with Crippen molar-refractivity contribution >= 4 is 11.3 Å². The van der Waals surface area contributed by atoms with Crippen LogP contribution in [0.15, 0.2) is 18.5 Å². The molecule has 2 aliphatic rings. The van der Waals surface area contributed by atoms with Crippen LogP contribution >= 0.6 is 0 Å². The fraction of sp³-hybridized carbons (Fsp3) is 0.571. The lowest BCUT2D eigenvalue weighted by Gasteiger charge is -2.18. The van der Waals surface area contributed by atoms with E-state index in [1.807, 2.05) is 23.8 Å². The van der Waals surface area contributed by atoms with Crippen LogP contribution in [0, 0.1) is 18.8 Å². The van der Waals surface area contributed by atoms with Crippen molar-refractivity contribution in [2.75, 3.05) is 5.32 Å². The molecular weight excluding hydrogens is 224 g/mol. The molecule has 0 bridgehead atoms. The van der Waals surface area contributed by atoms with E-state index in [0.29, 0.717) is 6.04 Å². The van der Waals surface area contributed by atoms with E-state index in [1.54, 1.807) is 0 Å². The zero-order valence-corrected chi connectivity index (χ0v) is 10.6. The van der Waals surface area contributed by atoms with Crippen molar-refractivity contribution in [3.8, 4) is 0 Å². The van der Waals surface area contributed by atoms with Crippen LogP contribution in [-0.2, 0) is 0 Å². The summed E-state index contributed by atoms with van der Waals surface area (Å²) in [5, 5.41) is 8.13. The van der Waals surface area contributed by atoms with Gasteiger partial charge >= 0.3 is 0 Å². The molecule has 0 aliphatic heterocycles. The Labute approximate surface area is 106 Å². The number of fused-ring (bicyclic) bond motifs is 1. The van der Waals surface area contributed by atoms with E-state index in [1.165, 1.54) is 25.7 Å². The van der Waals surface area contributed by atoms with Gasteiger partial charge in [-0.3, -0.25) is 0 Å². The Balaban J connectivity index is 1.68. The molecule has 4 rings (SSSR count). The molecular formula is C14H18N4. The minimum Gasteiger partial charge on any atom is -0.365 e. The maximum absolute atomic E-state index is 4.51. The molecule has 0 unspecified atom stereocenters.